The largest absolute Gasteiger partial charge is 0.349 e. The Balaban J connectivity index is 1.70. The van der Waals surface area contributed by atoms with Gasteiger partial charge in [-0.25, -0.2) is 13.4 Å². The number of aromatic nitrogens is 2. The summed E-state index contributed by atoms with van der Waals surface area (Å²) < 4.78 is 24.3. The fourth-order valence-corrected chi connectivity index (χ4v) is 2.95. The van der Waals surface area contributed by atoms with Gasteiger partial charge in [0.1, 0.15) is 5.69 Å². The molecule has 1 fully saturated rings. The highest BCUT2D eigenvalue weighted by atomic mass is 32.2. The van der Waals surface area contributed by atoms with Gasteiger partial charge in [-0.05, 0) is 0 Å². The lowest BCUT2D eigenvalue weighted by molar-refractivity contribution is 0.0939. The fourth-order valence-electron chi connectivity index (χ4n) is 2.12. The van der Waals surface area contributed by atoms with E-state index >= 15 is 0 Å². The third-order valence-corrected chi connectivity index (χ3v) is 4.61. The Morgan fingerprint density at radius 1 is 1.29 bits per heavy atom. The third-order valence-electron chi connectivity index (χ3n) is 3.31. The molecule has 1 aromatic rings. The first kappa shape index (κ1) is 15.8. The van der Waals surface area contributed by atoms with Crippen molar-refractivity contribution < 1.29 is 13.2 Å². The smallest absolute Gasteiger partial charge is 0.271 e. The van der Waals surface area contributed by atoms with Crippen molar-refractivity contribution in [2.45, 2.75) is 0 Å². The molecule has 1 amide bonds. The first-order chi connectivity index (χ1) is 9.97. The second-order valence-electron chi connectivity index (χ2n) is 4.85. The van der Waals surface area contributed by atoms with Gasteiger partial charge in [0.05, 0.1) is 12.5 Å². The van der Waals surface area contributed by atoms with E-state index in [1.807, 2.05) is 0 Å². The minimum absolute atomic E-state index is 0.252. The molecule has 1 N–H and O–H groups in total. The van der Waals surface area contributed by atoms with Crippen molar-refractivity contribution in [2.24, 2.45) is 0 Å². The van der Waals surface area contributed by atoms with Crippen LogP contribution in [0.2, 0.25) is 0 Å². The Morgan fingerprint density at radius 3 is 2.57 bits per heavy atom. The van der Waals surface area contributed by atoms with E-state index in [2.05, 4.69) is 20.2 Å². The second-order valence-corrected chi connectivity index (χ2v) is 6.83. The number of sulfonamides is 1. The molecular weight excluding hydrogens is 294 g/mol. The SMILES string of the molecule is CS(=O)(=O)N1CCN(CCNC(=O)c2cnccn2)CC1. The number of carbonyl (C=O) groups excluding carboxylic acids is 1. The highest BCUT2D eigenvalue weighted by Crippen LogP contribution is 2.05. The average Bonchev–Trinajstić information content (AvgIpc) is 2.47. The van der Waals surface area contributed by atoms with Gasteiger partial charge < -0.3 is 5.32 Å². The predicted molar refractivity (Wildman–Crippen MR) is 77.2 cm³/mol. The van der Waals surface area contributed by atoms with E-state index < -0.39 is 10.0 Å². The summed E-state index contributed by atoms with van der Waals surface area (Å²) in [5.41, 5.74) is 0.291. The fraction of sp³-hybridized carbons (Fsp3) is 0.583. The quantitative estimate of drug-likeness (QED) is 0.732. The van der Waals surface area contributed by atoms with Crippen LogP contribution in [0.25, 0.3) is 0 Å². The van der Waals surface area contributed by atoms with Crippen molar-refractivity contribution in [3.05, 3.63) is 24.3 Å². The molecule has 2 heterocycles. The first-order valence-corrected chi connectivity index (χ1v) is 8.53. The van der Waals surface area contributed by atoms with E-state index in [1.54, 1.807) is 0 Å². The number of nitrogens with one attached hydrogen (secondary N) is 1. The minimum Gasteiger partial charge on any atom is -0.349 e. The lowest BCUT2D eigenvalue weighted by atomic mass is 10.3. The van der Waals surface area contributed by atoms with Crippen LogP contribution in [0.3, 0.4) is 0 Å². The van der Waals surface area contributed by atoms with E-state index in [4.69, 9.17) is 0 Å². The molecule has 21 heavy (non-hydrogen) atoms. The molecule has 1 aromatic heterocycles. The standard InChI is InChI=1S/C12H19N5O3S/c1-21(19,20)17-8-6-16(7-9-17)5-4-15-12(18)11-10-13-2-3-14-11/h2-3,10H,4-9H2,1H3,(H,15,18). The lowest BCUT2D eigenvalue weighted by Gasteiger charge is -2.33. The van der Waals surface area contributed by atoms with Gasteiger partial charge in [-0.2, -0.15) is 4.31 Å². The molecule has 1 aliphatic heterocycles. The maximum Gasteiger partial charge on any atom is 0.271 e. The summed E-state index contributed by atoms with van der Waals surface area (Å²) in [6.07, 6.45) is 5.63. The maximum absolute atomic E-state index is 11.8. The van der Waals surface area contributed by atoms with Gasteiger partial charge in [0.25, 0.3) is 5.91 Å². The summed E-state index contributed by atoms with van der Waals surface area (Å²) in [7, 11) is -3.10. The average molecular weight is 313 g/mol. The van der Waals surface area contributed by atoms with Crippen LogP contribution in [0.1, 0.15) is 10.5 Å². The van der Waals surface area contributed by atoms with Crippen LogP contribution in [0.5, 0.6) is 0 Å². The monoisotopic (exact) mass is 313 g/mol. The zero-order valence-electron chi connectivity index (χ0n) is 11.9. The predicted octanol–water partition coefficient (Wildman–Crippen LogP) is -1.22. The molecule has 0 saturated carbocycles. The van der Waals surface area contributed by atoms with Crippen molar-refractivity contribution in [3.63, 3.8) is 0 Å². The van der Waals surface area contributed by atoms with Gasteiger partial charge in [-0.3, -0.25) is 14.7 Å². The minimum atomic E-state index is -3.10. The number of hydrogen-bond donors (Lipinski definition) is 1. The van der Waals surface area contributed by atoms with Gasteiger partial charge in [-0.1, -0.05) is 0 Å². The van der Waals surface area contributed by atoms with Crippen LogP contribution in [0.4, 0.5) is 0 Å². The topological polar surface area (TPSA) is 95.5 Å². The summed E-state index contributed by atoms with van der Waals surface area (Å²) in [5, 5.41) is 2.77. The molecule has 0 aromatic carbocycles. The van der Waals surface area contributed by atoms with Crippen LogP contribution in [0, 0.1) is 0 Å². The van der Waals surface area contributed by atoms with E-state index in [0.717, 1.165) is 0 Å². The molecule has 0 aliphatic carbocycles. The molecule has 1 saturated heterocycles. The van der Waals surface area contributed by atoms with E-state index in [1.165, 1.54) is 29.2 Å². The Labute approximate surface area is 124 Å². The number of hydrogen-bond acceptors (Lipinski definition) is 6. The highest BCUT2D eigenvalue weighted by molar-refractivity contribution is 7.88. The zero-order valence-corrected chi connectivity index (χ0v) is 12.7. The van der Waals surface area contributed by atoms with Gasteiger partial charge in [0.15, 0.2) is 0 Å². The Bertz CT molecular complexity index is 570. The van der Waals surface area contributed by atoms with E-state index in [9.17, 15) is 13.2 Å². The molecule has 0 atom stereocenters. The van der Waals surface area contributed by atoms with E-state index in [0.29, 0.717) is 45.0 Å². The van der Waals surface area contributed by atoms with Crippen molar-refractivity contribution >= 4 is 15.9 Å². The molecule has 0 spiro atoms. The number of piperazine rings is 1. The Kier molecular flexibility index (Phi) is 5.21. The van der Waals surface area contributed by atoms with Crippen LogP contribution in [-0.2, 0) is 10.0 Å². The van der Waals surface area contributed by atoms with E-state index in [-0.39, 0.29) is 5.91 Å². The summed E-state index contributed by atoms with van der Waals surface area (Å²) in [6, 6.07) is 0. The van der Waals surface area contributed by atoms with Gasteiger partial charge in [0, 0.05) is 51.7 Å². The normalized spacial score (nSPS) is 17.6. The van der Waals surface area contributed by atoms with Crippen LogP contribution >= 0.6 is 0 Å². The molecule has 0 radical (unpaired) electrons. The van der Waals surface area contributed by atoms with Crippen molar-refractivity contribution in [3.8, 4) is 0 Å². The molecule has 2 rings (SSSR count). The maximum atomic E-state index is 11.8. The zero-order chi connectivity index (χ0) is 15.3. The molecule has 8 nitrogen and oxygen atoms in total. The Hall–Kier alpha value is -1.58. The lowest BCUT2D eigenvalue weighted by Crippen LogP contribution is -2.49. The van der Waals surface area contributed by atoms with Crippen LogP contribution in [-0.4, -0.2) is 79.0 Å². The molecule has 1 aliphatic rings. The summed E-state index contributed by atoms with van der Waals surface area (Å²) in [6.45, 7) is 3.52. The second kappa shape index (κ2) is 6.92. The number of nitrogens with zero attached hydrogens (tertiary/aromatic N) is 4. The van der Waals surface area contributed by atoms with Crippen LogP contribution < -0.4 is 5.32 Å². The van der Waals surface area contributed by atoms with Crippen molar-refractivity contribution in [2.75, 3.05) is 45.5 Å². The van der Waals surface area contributed by atoms with Crippen molar-refractivity contribution in [1.29, 1.82) is 0 Å². The third kappa shape index (κ3) is 4.73. The van der Waals surface area contributed by atoms with Gasteiger partial charge in [0.2, 0.25) is 10.0 Å². The molecule has 9 heteroatoms. The number of rotatable bonds is 5. The Morgan fingerprint density at radius 2 is 2.00 bits per heavy atom. The molecular formula is C12H19N5O3S. The number of amides is 1. The molecule has 0 unspecified atom stereocenters. The molecule has 116 valence electrons. The van der Waals surface area contributed by atoms with Gasteiger partial charge >= 0.3 is 0 Å². The number of carbonyl (C=O) groups is 1. The highest BCUT2D eigenvalue weighted by Gasteiger charge is 2.22. The first-order valence-electron chi connectivity index (χ1n) is 6.68. The summed E-state index contributed by atoms with van der Waals surface area (Å²) in [5.74, 6) is -0.252. The summed E-state index contributed by atoms with van der Waals surface area (Å²) in [4.78, 5) is 21.6. The van der Waals surface area contributed by atoms with Crippen molar-refractivity contribution in [1.82, 2.24) is 24.5 Å². The molecule has 0 bridgehead atoms. The van der Waals surface area contributed by atoms with Gasteiger partial charge in [-0.15, -0.1) is 0 Å². The summed E-state index contributed by atoms with van der Waals surface area (Å²) >= 11 is 0. The van der Waals surface area contributed by atoms with Crippen LogP contribution in [0.15, 0.2) is 18.6 Å².